The highest BCUT2D eigenvalue weighted by atomic mass is 32.1. The van der Waals surface area contributed by atoms with E-state index >= 15 is 0 Å². The smallest absolute Gasteiger partial charge is 0.234 e. The summed E-state index contributed by atoms with van der Waals surface area (Å²) in [5.41, 5.74) is 5.28. The number of thiazole rings is 1. The van der Waals surface area contributed by atoms with Crippen LogP contribution in [0.15, 0.2) is 18.2 Å². The first kappa shape index (κ1) is 21.5. The molecule has 6 heteroatoms. The van der Waals surface area contributed by atoms with Crippen molar-refractivity contribution in [2.75, 3.05) is 32.7 Å². The molecule has 5 nitrogen and oxygen atoms in total. The fraction of sp³-hybridized carbons (Fsp3) is 0.583. The first-order valence-electron chi connectivity index (χ1n) is 11.1. The van der Waals surface area contributed by atoms with Crippen LogP contribution in [-0.4, -0.2) is 59.0 Å². The van der Waals surface area contributed by atoms with Gasteiger partial charge in [0.2, 0.25) is 5.91 Å². The van der Waals surface area contributed by atoms with Crippen molar-refractivity contribution in [3.05, 3.63) is 39.2 Å². The Balaban J connectivity index is 1.32. The maximum atomic E-state index is 12.2. The van der Waals surface area contributed by atoms with Crippen molar-refractivity contribution in [2.24, 2.45) is 0 Å². The monoisotopic (exact) mass is 426 g/mol. The third kappa shape index (κ3) is 5.29. The predicted octanol–water partition coefficient (Wildman–Crippen LogP) is 3.64. The van der Waals surface area contributed by atoms with Gasteiger partial charge in [-0.15, -0.1) is 11.3 Å². The number of nitrogens with zero attached hydrogens (tertiary/aromatic N) is 3. The average Bonchev–Trinajstić information content (AvgIpc) is 3.27. The number of aryl methyl sites for hydroxylation is 3. The molecule has 162 valence electrons. The highest BCUT2D eigenvalue weighted by Gasteiger charge is 2.22. The highest BCUT2D eigenvalue weighted by molar-refractivity contribution is 7.12. The first-order chi connectivity index (χ1) is 14.3. The van der Waals surface area contributed by atoms with Gasteiger partial charge in [-0.25, -0.2) is 4.98 Å². The lowest BCUT2D eigenvalue weighted by Gasteiger charge is -2.34. The number of carbonyl (C=O) groups is 1. The number of benzene rings is 1. The number of amides is 1. The van der Waals surface area contributed by atoms with Crippen LogP contribution in [0.5, 0.6) is 0 Å². The summed E-state index contributed by atoms with van der Waals surface area (Å²) in [4.78, 5) is 23.2. The number of nitrogens with one attached hydrogen (secondary N) is 1. The van der Waals surface area contributed by atoms with E-state index in [2.05, 4.69) is 40.2 Å². The zero-order valence-electron chi connectivity index (χ0n) is 18.8. The fourth-order valence-electron chi connectivity index (χ4n) is 4.46. The van der Waals surface area contributed by atoms with E-state index in [1.807, 2.05) is 32.1 Å². The number of fused-ring (bicyclic) bond motifs is 1. The van der Waals surface area contributed by atoms with Crippen molar-refractivity contribution < 1.29 is 4.79 Å². The van der Waals surface area contributed by atoms with Crippen LogP contribution in [0.3, 0.4) is 0 Å². The Hall–Kier alpha value is -1.76. The fourth-order valence-corrected chi connectivity index (χ4v) is 5.46. The van der Waals surface area contributed by atoms with Crippen LogP contribution in [-0.2, 0) is 24.2 Å². The number of aromatic nitrogens is 1. The molecular weight excluding hydrogens is 392 g/mol. The molecule has 2 aromatic rings. The van der Waals surface area contributed by atoms with Crippen LogP contribution in [0.1, 0.15) is 48.2 Å². The summed E-state index contributed by atoms with van der Waals surface area (Å²) in [5, 5.41) is 4.25. The minimum Gasteiger partial charge on any atom is -0.350 e. The van der Waals surface area contributed by atoms with Crippen LogP contribution in [0.25, 0.3) is 11.3 Å². The van der Waals surface area contributed by atoms with Crippen LogP contribution in [0.4, 0.5) is 0 Å². The zero-order valence-corrected chi connectivity index (χ0v) is 19.6. The van der Waals surface area contributed by atoms with Gasteiger partial charge in [-0.2, -0.15) is 0 Å². The molecule has 0 saturated carbocycles. The lowest BCUT2D eigenvalue weighted by Crippen LogP contribution is -2.51. The van der Waals surface area contributed by atoms with Crippen LogP contribution >= 0.6 is 11.3 Å². The molecule has 1 aliphatic carbocycles. The van der Waals surface area contributed by atoms with Crippen molar-refractivity contribution in [1.29, 1.82) is 0 Å². The van der Waals surface area contributed by atoms with Gasteiger partial charge < -0.3 is 5.32 Å². The van der Waals surface area contributed by atoms with Crippen molar-refractivity contribution >= 4 is 17.2 Å². The largest absolute Gasteiger partial charge is 0.350 e. The van der Waals surface area contributed by atoms with Crippen molar-refractivity contribution in [2.45, 2.75) is 59.0 Å². The van der Waals surface area contributed by atoms with Crippen molar-refractivity contribution in [3.8, 4) is 11.3 Å². The molecule has 1 N–H and O–H groups in total. The molecule has 0 spiro atoms. The lowest BCUT2D eigenvalue weighted by atomic mass is 10.0. The Bertz CT molecular complexity index is 906. The standard InChI is InChI=1S/C24H34N4OS/c1-17-23(20-9-8-18-6-5-7-19(18)14-20)25-22(30-17)16-28-12-10-27(11-13-28)15-21(29)26-24(2,3)4/h8-9,14H,5-7,10-13,15-16H2,1-4H3,(H,26,29). The van der Waals surface area contributed by atoms with Gasteiger partial charge in [0.15, 0.2) is 0 Å². The molecule has 1 aromatic carbocycles. The summed E-state index contributed by atoms with van der Waals surface area (Å²) in [6.07, 6.45) is 3.71. The van der Waals surface area contributed by atoms with Gasteiger partial charge >= 0.3 is 0 Å². The van der Waals surface area contributed by atoms with Gasteiger partial charge in [0.25, 0.3) is 0 Å². The molecule has 0 bridgehead atoms. The number of carbonyl (C=O) groups excluding carboxylic acids is 1. The molecule has 1 saturated heterocycles. The summed E-state index contributed by atoms with van der Waals surface area (Å²) in [5.74, 6) is 0.116. The van der Waals surface area contributed by atoms with Gasteiger partial charge in [-0.3, -0.25) is 14.6 Å². The summed E-state index contributed by atoms with van der Waals surface area (Å²) in [6, 6.07) is 6.90. The van der Waals surface area contributed by atoms with Gasteiger partial charge in [-0.1, -0.05) is 12.1 Å². The molecule has 0 radical (unpaired) electrons. The van der Waals surface area contributed by atoms with E-state index in [1.165, 1.54) is 45.8 Å². The maximum Gasteiger partial charge on any atom is 0.234 e. The second-order valence-electron chi connectivity index (χ2n) is 9.70. The van der Waals surface area contributed by atoms with Gasteiger partial charge in [0.1, 0.15) is 5.01 Å². The molecule has 2 heterocycles. The van der Waals surface area contributed by atoms with Gasteiger partial charge in [-0.05, 0) is 64.2 Å². The Kier molecular flexibility index (Phi) is 6.28. The first-order valence-corrected chi connectivity index (χ1v) is 11.9. The number of rotatable bonds is 5. The van der Waals surface area contributed by atoms with Crippen molar-refractivity contribution in [3.63, 3.8) is 0 Å². The Labute approximate surface area is 184 Å². The summed E-state index contributed by atoms with van der Waals surface area (Å²) in [7, 11) is 0. The SMILES string of the molecule is Cc1sc(CN2CCN(CC(=O)NC(C)(C)C)CC2)nc1-c1ccc2c(c1)CCC2. The van der Waals surface area contributed by atoms with E-state index < -0.39 is 0 Å². The van der Waals surface area contributed by atoms with Crippen LogP contribution < -0.4 is 5.32 Å². The average molecular weight is 427 g/mol. The van der Waals surface area contributed by atoms with E-state index in [4.69, 9.17) is 4.98 Å². The molecule has 1 fully saturated rings. The van der Waals surface area contributed by atoms with Gasteiger partial charge in [0, 0.05) is 42.2 Å². The maximum absolute atomic E-state index is 12.2. The number of hydrogen-bond acceptors (Lipinski definition) is 5. The topological polar surface area (TPSA) is 48.5 Å². The minimum atomic E-state index is -0.169. The molecule has 0 unspecified atom stereocenters. The second-order valence-corrected chi connectivity index (χ2v) is 11.0. The molecule has 30 heavy (non-hydrogen) atoms. The highest BCUT2D eigenvalue weighted by Crippen LogP contribution is 2.32. The van der Waals surface area contributed by atoms with Crippen LogP contribution in [0.2, 0.25) is 0 Å². The quantitative estimate of drug-likeness (QED) is 0.793. The Morgan fingerprint density at radius 2 is 1.80 bits per heavy atom. The molecule has 4 rings (SSSR count). The molecule has 0 atom stereocenters. The minimum absolute atomic E-state index is 0.116. The summed E-state index contributed by atoms with van der Waals surface area (Å²) >= 11 is 1.82. The van der Waals surface area contributed by atoms with Gasteiger partial charge in [0.05, 0.1) is 18.8 Å². The van der Waals surface area contributed by atoms with E-state index in [0.29, 0.717) is 6.54 Å². The van der Waals surface area contributed by atoms with E-state index in [0.717, 1.165) is 38.4 Å². The molecular formula is C24H34N4OS. The molecule has 1 aromatic heterocycles. The lowest BCUT2D eigenvalue weighted by molar-refractivity contribution is -0.124. The molecule has 1 aliphatic heterocycles. The van der Waals surface area contributed by atoms with E-state index in [-0.39, 0.29) is 11.4 Å². The van der Waals surface area contributed by atoms with E-state index in [9.17, 15) is 4.79 Å². The van der Waals surface area contributed by atoms with Crippen molar-refractivity contribution in [1.82, 2.24) is 20.1 Å². The zero-order chi connectivity index (χ0) is 21.3. The normalized spacial score (nSPS) is 17.9. The third-order valence-corrected chi connectivity index (χ3v) is 6.87. The second kappa shape index (κ2) is 8.77. The summed E-state index contributed by atoms with van der Waals surface area (Å²) < 4.78 is 0. The number of hydrogen-bond donors (Lipinski definition) is 1. The molecule has 2 aliphatic rings. The van der Waals surface area contributed by atoms with Crippen LogP contribution in [0, 0.1) is 6.92 Å². The third-order valence-electron chi connectivity index (χ3n) is 5.92. The Morgan fingerprint density at radius 1 is 1.10 bits per heavy atom. The summed E-state index contributed by atoms with van der Waals surface area (Å²) in [6.45, 7) is 13.5. The Morgan fingerprint density at radius 3 is 2.53 bits per heavy atom. The molecule has 1 amide bonds. The number of piperazine rings is 1. The van der Waals surface area contributed by atoms with E-state index in [1.54, 1.807) is 0 Å². The predicted molar refractivity (Wildman–Crippen MR) is 124 cm³/mol.